The molecular formula is C94H170N10O46. The number of unbranched alkanes of at least 4 members (excludes halogenated alkanes) is 14. The zero-order valence-corrected chi connectivity index (χ0v) is 85.4. The van der Waals surface area contributed by atoms with E-state index in [-0.39, 0.29) is 135 Å². The van der Waals surface area contributed by atoms with E-state index in [0.29, 0.717) is 70.0 Å². The summed E-state index contributed by atoms with van der Waals surface area (Å²) < 4.78 is 64.9. The maximum absolute atomic E-state index is 14.1. The normalized spacial score (nSPS) is 30.4. The molecule has 0 unspecified atom stereocenters. The number of nitrogens with zero attached hydrogens (tertiary/aromatic N) is 2. The van der Waals surface area contributed by atoms with Crippen LogP contribution >= 0.6 is 0 Å². The van der Waals surface area contributed by atoms with Gasteiger partial charge in [-0.15, -0.1) is 0 Å². The first-order valence-electron chi connectivity index (χ1n) is 52.0. The van der Waals surface area contributed by atoms with E-state index in [0.717, 1.165) is 51.4 Å². The molecule has 6 aliphatic rings. The standard InChI is InChI=1S/C52H95N5O23.C42H75N5O23/c1-2-32(61)17-13-11-9-7-5-3-4-6-8-10-12-14-19-37(62)53-20-16-15-18-33(49(74)56-23-26-77-52-48(73)45(70)42(67)36(31-60)80-52)57(27-38(63)54-21-24-75-50-46(71)43(68)40(65)34(29-58)78-50)28-39(64)55-22-25-76-51-47(72)44(69)41(66)35(30-59)79-51;1-2-22(51)7-3-4-9-27(52)43-10-6-5-8-23(39(64)46-13-16-67-42-38(63)35(60)32(57)26(21-50)70-42)47(17-28(53)44-11-14-65-40-36(61)33(58)30(55)24(19-48)68-40)18-29(54)45-12-15-66-41-37(62)34(59)31(56)25(20-49)69-41/h33-36,40-48,50-52,58-60,65-73H,2-31H2,1H3,(H,53,62)(H,54,63)(H,55,64)(H,56,74);23-26,30-38,40-42,48-50,55-63H,2-21H2,1H3,(H,43,52)(H,44,53)(H,45,54)(H,46,64)/t33-,34+,35+,36+,40+,41+,42+,43-,44-,45-,46-,47-,48-,50-,51-,52-;23-,24+,25+,26+,30+,31+,32+,33-,34-,35-,36-,37-,38-,40-,41-,42-/m00/s1. The molecule has 872 valence electrons. The Balaban J connectivity index is 0.000000532. The van der Waals surface area contributed by atoms with Crippen LogP contribution in [0.2, 0.25) is 0 Å². The van der Waals surface area contributed by atoms with E-state index in [9.17, 15) is 171 Å². The van der Waals surface area contributed by atoms with Gasteiger partial charge >= 0.3 is 0 Å². The number of hydrogen-bond donors (Lipinski definition) is 32. The van der Waals surface area contributed by atoms with Gasteiger partial charge in [-0.25, -0.2) is 0 Å². The van der Waals surface area contributed by atoms with Gasteiger partial charge < -0.3 is 222 Å². The predicted molar refractivity (Wildman–Crippen MR) is 515 cm³/mol. The second-order valence-corrected chi connectivity index (χ2v) is 37.7. The molecule has 32 atom stereocenters. The summed E-state index contributed by atoms with van der Waals surface area (Å²) in [5.74, 6) is -4.20. The van der Waals surface area contributed by atoms with Crippen molar-refractivity contribution >= 4 is 58.8 Å². The number of Topliss-reactive ketones (excluding diaryl/α,β-unsaturated/α-hetero) is 2. The average Bonchev–Trinajstić information content (AvgIpc) is 0.833. The first-order valence-corrected chi connectivity index (χ1v) is 52.0. The summed E-state index contributed by atoms with van der Waals surface area (Å²) in [4.78, 5) is 133. The fourth-order valence-corrected chi connectivity index (χ4v) is 17.0. The Morgan fingerprint density at radius 3 is 0.627 bits per heavy atom. The van der Waals surface area contributed by atoms with Crippen molar-refractivity contribution in [2.45, 2.75) is 377 Å². The van der Waals surface area contributed by atoms with Gasteiger partial charge in [0.1, 0.15) is 158 Å². The second kappa shape index (κ2) is 74.7. The molecule has 6 aliphatic heterocycles. The summed E-state index contributed by atoms with van der Waals surface area (Å²) in [6, 6.07) is -2.44. The second-order valence-electron chi connectivity index (χ2n) is 37.7. The summed E-state index contributed by atoms with van der Waals surface area (Å²) >= 11 is 0. The van der Waals surface area contributed by atoms with Crippen molar-refractivity contribution in [1.82, 2.24) is 52.3 Å². The van der Waals surface area contributed by atoms with Crippen LogP contribution in [0.5, 0.6) is 0 Å². The highest BCUT2D eigenvalue weighted by atomic mass is 16.7. The number of aliphatic hydroxyl groups is 24. The molecule has 32 N–H and O–H groups in total. The van der Waals surface area contributed by atoms with Crippen LogP contribution in [0.15, 0.2) is 0 Å². The highest BCUT2D eigenvalue weighted by Crippen LogP contribution is 2.30. The van der Waals surface area contributed by atoms with Gasteiger partial charge in [0.25, 0.3) is 0 Å². The number of amides is 8. The van der Waals surface area contributed by atoms with Gasteiger partial charge in [0.15, 0.2) is 37.7 Å². The van der Waals surface area contributed by atoms with Gasteiger partial charge in [0.2, 0.25) is 47.3 Å². The number of nitrogens with one attached hydrogen (secondary N) is 8. The van der Waals surface area contributed by atoms with E-state index >= 15 is 0 Å². The minimum absolute atomic E-state index is 0.00933. The largest absolute Gasteiger partial charge is 0.394 e. The first-order chi connectivity index (χ1) is 71.8. The molecule has 6 rings (SSSR count). The molecular weight excluding hydrogens is 2010 g/mol. The minimum Gasteiger partial charge on any atom is -0.394 e. The van der Waals surface area contributed by atoms with Crippen molar-refractivity contribution < 1.29 is 227 Å². The van der Waals surface area contributed by atoms with Gasteiger partial charge in [-0.2, -0.15) is 0 Å². The molecule has 0 aromatic rings. The molecule has 6 saturated heterocycles. The molecule has 6 heterocycles. The number of ether oxygens (including phenoxy) is 12. The summed E-state index contributed by atoms with van der Waals surface area (Å²) in [6.45, 7) is -5.67. The zero-order valence-electron chi connectivity index (χ0n) is 85.4. The molecule has 0 aromatic heterocycles. The topological polar surface area (TPSA) is 870 Å². The van der Waals surface area contributed by atoms with Gasteiger partial charge in [-0.3, -0.25) is 57.7 Å². The Hall–Kier alpha value is -6.42. The molecule has 0 aliphatic carbocycles. The van der Waals surface area contributed by atoms with Crippen LogP contribution in [0.3, 0.4) is 0 Å². The van der Waals surface area contributed by atoms with Crippen molar-refractivity contribution in [3.63, 3.8) is 0 Å². The number of carbonyl (C=O) groups excluding carboxylic acids is 10. The number of aliphatic hydroxyl groups excluding tert-OH is 24. The fraction of sp³-hybridized carbons (Fsp3) is 0.894. The Bertz CT molecular complexity index is 3660. The van der Waals surface area contributed by atoms with Crippen molar-refractivity contribution in [2.75, 3.05) is 158 Å². The third-order valence-electron chi connectivity index (χ3n) is 26.1. The summed E-state index contributed by atoms with van der Waals surface area (Å²) in [6.07, 6.45) is -28.7. The highest BCUT2D eigenvalue weighted by Gasteiger charge is 2.51. The van der Waals surface area contributed by atoms with Crippen LogP contribution in [-0.2, 0) is 105 Å². The monoisotopic (exact) mass is 2180 g/mol. The molecule has 56 heteroatoms. The molecule has 0 bridgehead atoms. The van der Waals surface area contributed by atoms with Gasteiger partial charge in [-0.05, 0) is 64.2 Å². The van der Waals surface area contributed by atoms with Gasteiger partial charge in [-0.1, -0.05) is 78.1 Å². The van der Waals surface area contributed by atoms with Gasteiger partial charge in [0, 0.05) is 90.9 Å². The fourth-order valence-electron chi connectivity index (χ4n) is 17.0. The van der Waals surface area contributed by atoms with E-state index < -0.39 is 298 Å². The number of ketones is 2. The van der Waals surface area contributed by atoms with Crippen molar-refractivity contribution in [1.29, 1.82) is 0 Å². The van der Waals surface area contributed by atoms with Crippen molar-refractivity contribution in [3.8, 4) is 0 Å². The maximum Gasteiger partial charge on any atom is 0.237 e. The highest BCUT2D eigenvalue weighted by molar-refractivity contribution is 5.87. The van der Waals surface area contributed by atoms with Crippen LogP contribution in [0.1, 0.15) is 181 Å². The quantitative estimate of drug-likeness (QED) is 0.0251. The summed E-state index contributed by atoms with van der Waals surface area (Å²) in [5.41, 5.74) is 0. The number of hydrogen-bond acceptors (Lipinski definition) is 48. The molecule has 150 heavy (non-hydrogen) atoms. The lowest BCUT2D eigenvalue weighted by atomic mass is 9.99. The first kappa shape index (κ1) is 134. The molecule has 0 radical (unpaired) electrons. The van der Waals surface area contributed by atoms with E-state index in [1.165, 1.54) is 35.5 Å². The van der Waals surface area contributed by atoms with Crippen molar-refractivity contribution in [3.05, 3.63) is 0 Å². The molecule has 0 aromatic carbocycles. The lowest BCUT2D eigenvalue weighted by Gasteiger charge is -2.39. The predicted octanol–water partition coefficient (Wildman–Crippen LogP) is -13.5. The maximum atomic E-state index is 14.1. The van der Waals surface area contributed by atoms with E-state index in [4.69, 9.17) is 56.8 Å². The molecule has 6 fully saturated rings. The molecule has 0 saturated carbocycles. The third-order valence-corrected chi connectivity index (χ3v) is 26.1. The van der Waals surface area contributed by atoms with Crippen molar-refractivity contribution in [2.24, 2.45) is 0 Å². The molecule has 0 spiro atoms. The summed E-state index contributed by atoms with van der Waals surface area (Å²) in [5, 5.41) is 262. The van der Waals surface area contributed by atoms with Gasteiger partial charge in [0.05, 0.1) is 118 Å². The van der Waals surface area contributed by atoms with Crippen LogP contribution < -0.4 is 42.5 Å². The lowest BCUT2D eigenvalue weighted by molar-refractivity contribution is -0.300. The average molecular weight is 2180 g/mol. The number of rotatable bonds is 74. The minimum atomic E-state index is -1.72. The van der Waals surface area contributed by atoms with Crippen LogP contribution in [0.25, 0.3) is 0 Å². The Morgan fingerprint density at radius 1 is 0.227 bits per heavy atom. The SMILES string of the molecule is CCC(=O)CCCCC(=O)NCCCC[C@@H](C(=O)NCCO[C@H]1O[C@H](CO)[C@@H](O)[C@H](O)[C@@H]1O)N(CC(=O)NCCO[C@H]1O[C@H](CO)[C@@H](O)[C@H](O)[C@@H]1O)CC(=O)NCCO[C@H]1O[C@H](CO)[C@@H](O)[C@H](O)[C@@H]1O.CCC(=O)CCCCCCCCCCCCCCC(=O)NCCCC[C@@H](C(=O)NCCO[C@H]1O[C@H](CO)[C@@H](O)[C@H](O)[C@@H]1O)N(CC(=O)NCCO[C@H]1O[C@H](CO)[C@@H](O)[C@H](O)[C@@H]1O)CC(=O)NCCO[C@H]1O[C@H](CO)[C@@H](O)[C@H](O)[C@@H]1O. The Kier molecular flexibility index (Phi) is 66.8. The lowest BCUT2D eigenvalue weighted by Crippen LogP contribution is -2.59. The van der Waals surface area contributed by atoms with E-state index in [1.807, 2.05) is 6.92 Å². The summed E-state index contributed by atoms with van der Waals surface area (Å²) in [7, 11) is 0. The number of carbonyl (C=O) groups is 10. The molecule has 56 nitrogen and oxygen atoms in total. The molecule has 8 amide bonds. The van der Waals surface area contributed by atoms with Crippen LogP contribution in [-0.4, -0.2) is 545 Å². The Labute approximate surface area is 870 Å². The third kappa shape index (κ3) is 47.2. The van der Waals surface area contributed by atoms with Crippen LogP contribution in [0, 0.1) is 0 Å². The Morgan fingerprint density at radius 2 is 0.413 bits per heavy atom. The van der Waals surface area contributed by atoms with Crippen LogP contribution in [0.4, 0.5) is 0 Å². The van der Waals surface area contributed by atoms with E-state index in [1.54, 1.807) is 6.92 Å². The van der Waals surface area contributed by atoms with E-state index in [2.05, 4.69) is 42.5 Å². The smallest absolute Gasteiger partial charge is 0.237 e. The zero-order chi connectivity index (χ0) is 111.